The number of thioether (sulfide) groups is 1. The molecule has 0 radical (unpaired) electrons. The van der Waals surface area contributed by atoms with Gasteiger partial charge < -0.3 is 30.1 Å². The summed E-state index contributed by atoms with van der Waals surface area (Å²) in [6.45, 7) is 6.15. The van der Waals surface area contributed by atoms with Crippen LogP contribution < -0.4 is 21.1 Å². The van der Waals surface area contributed by atoms with Crippen molar-refractivity contribution in [1.29, 1.82) is 0 Å². The molecule has 0 saturated heterocycles. The second kappa shape index (κ2) is 10.8. The number of aromatic nitrogens is 3. The van der Waals surface area contributed by atoms with E-state index in [1.807, 2.05) is 50.2 Å². The third kappa shape index (κ3) is 5.53. The van der Waals surface area contributed by atoms with Crippen LogP contribution >= 0.6 is 11.8 Å². The summed E-state index contributed by atoms with van der Waals surface area (Å²) in [7, 11) is 0. The molecule has 1 saturated carbocycles. The number of carbonyl (C=O) groups is 1. The molecule has 4 aromatic rings. The number of hydrogen-bond acceptors (Lipinski definition) is 7. The fourth-order valence-corrected chi connectivity index (χ4v) is 5.11. The van der Waals surface area contributed by atoms with Crippen LogP contribution in [0, 0.1) is 6.92 Å². The standard InChI is InChI=1S/C27H32N6O3S/c1-16(2)29-26(34)30-19-9-7-18(8-10-19)25-24(28)22-12-11-21(15-23(22)33(25)20-5-4-6-20)35-13-14-37-27-32-31-17(3)36-27/h7-12,15-16,20H,4-6,13-14,28H2,1-3H3,(H2,29,30,34). The summed E-state index contributed by atoms with van der Waals surface area (Å²) in [6.07, 6.45) is 3.45. The van der Waals surface area contributed by atoms with Crippen molar-refractivity contribution in [1.82, 2.24) is 20.1 Å². The lowest BCUT2D eigenvalue weighted by atomic mass is 9.92. The number of nitrogen functional groups attached to an aromatic ring is 1. The monoisotopic (exact) mass is 520 g/mol. The summed E-state index contributed by atoms with van der Waals surface area (Å²) >= 11 is 1.48. The van der Waals surface area contributed by atoms with Crippen LogP contribution in [0.5, 0.6) is 5.75 Å². The number of nitrogens with zero attached hydrogens (tertiary/aromatic N) is 3. The molecule has 37 heavy (non-hydrogen) atoms. The van der Waals surface area contributed by atoms with E-state index < -0.39 is 0 Å². The topological polar surface area (TPSA) is 120 Å². The summed E-state index contributed by atoms with van der Waals surface area (Å²) in [5.74, 6) is 2.06. The van der Waals surface area contributed by atoms with E-state index in [9.17, 15) is 4.79 Å². The first-order chi connectivity index (χ1) is 17.9. The molecule has 0 unspecified atom stereocenters. The van der Waals surface area contributed by atoms with E-state index in [0.717, 1.165) is 52.1 Å². The zero-order valence-corrected chi connectivity index (χ0v) is 22.1. The summed E-state index contributed by atoms with van der Waals surface area (Å²) in [5.41, 5.74) is 11.3. The molecular formula is C27H32N6O3S. The Balaban J connectivity index is 1.37. The number of anilines is 2. The lowest BCUT2D eigenvalue weighted by Gasteiger charge is -2.30. The van der Waals surface area contributed by atoms with Crippen molar-refractivity contribution in [2.45, 2.75) is 57.3 Å². The van der Waals surface area contributed by atoms with Crippen LogP contribution in [0.2, 0.25) is 0 Å². The van der Waals surface area contributed by atoms with Crippen LogP contribution in [-0.2, 0) is 0 Å². The van der Waals surface area contributed by atoms with Crippen molar-refractivity contribution in [2.24, 2.45) is 0 Å². The van der Waals surface area contributed by atoms with Crippen LogP contribution in [0.15, 0.2) is 52.1 Å². The molecule has 0 atom stereocenters. The van der Waals surface area contributed by atoms with Crippen LogP contribution in [-0.4, -0.2) is 39.2 Å². The van der Waals surface area contributed by atoms with Crippen LogP contribution in [0.4, 0.5) is 16.2 Å². The SMILES string of the molecule is Cc1nnc(SCCOc2ccc3c(N)c(-c4ccc(NC(=O)NC(C)C)cc4)n(C4CCC4)c3c2)o1. The van der Waals surface area contributed by atoms with Gasteiger partial charge >= 0.3 is 6.03 Å². The van der Waals surface area contributed by atoms with E-state index in [2.05, 4.69) is 31.5 Å². The summed E-state index contributed by atoms with van der Waals surface area (Å²) in [4.78, 5) is 12.1. The summed E-state index contributed by atoms with van der Waals surface area (Å²) in [6, 6.07) is 14.2. The molecule has 2 heterocycles. The molecule has 5 rings (SSSR count). The van der Waals surface area contributed by atoms with Gasteiger partial charge in [0, 0.05) is 47.5 Å². The van der Waals surface area contributed by atoms with Gasteiger partial charge in [-0.1, -0.05) is 23.9 Å². The molecule has 1 aliphatic carbocycles. The fourth-order valence-electron chi connectivity index (χ4n) is 4.49. The van der Waals surface area contributed by atoms with Gasteiger partial charge in [0.2, 0.25) is 5.89 Å². The zero-order chi connectivity index (χ0) is 25.9. The van der Waals surface area contributed by atoms with Gasteiger partial charge in [-0.05, 0) is 57.4 Å². The smallest absolute Gasteiger partial charge is 0.319 e. The molecule has 10 heteroatoms. The minimum absolute atomic E-state index is 0.0689. The number of fused-ring (bicyclic) bond motifs is 1. The Morgan fingerprint density at radius 1 is 1.22 bits per heavy atom. The third-order valence-electron chi connectivity index (χ3n) is 6.38. The molecule has 1 fully saturated rings. The van der Waals surface area contributed by atoms with E-state index in [0.29, 0.717) is 29.5 Å². The van der Waals surface area contributed by atoms with Gasteiger partial charge in [0.15, 0.2) is 0 Å². The highest BCUT2D eigenvalue weighted by Crippen LogP contribution is 2.45. The average molecular weight is 521 g/mol. The Kier molecular flexibility index (Phi) is 7.27. The molecule has 1 aliphatic rings. The van der Waals surface area contributed by atoms with Crippen molar-refractivity contribution in [3.8, 4) is 17.0 Å². The average Bonchev–Trinajstić information content (AvgIpc) is 3.36. The minimum Gasteiger partial charge on any atom is -0.493 e. The third-order valence-corrected chi connectivity index (χ3v) is 7.16. The van der Waals surface area contributed by atoms with E-state index in [1.54, 1.807) is 6.92 Å². The van der Waals surface area contributed by atoms with Gasteiger partial charge in [-0.15, -0.1) is 10.2 Å². The number of ether oxygens (including phenoxy) is 1. The predicted molar refractivity (Wildman–Crippen MR) is 147 cm³/mol. The molecule has 0 bridgehead atoms. The van der Waals surface area contributed by atoms with E-state index in [1.165, 1.54) is 18.2 Å². The van der Waals surface area contributed by atoms with Crippen LogP contribution in [0.3, 0.4) is 0 Å². The number of hydrogen-bond donors (Lipinski definition) is 3. The highest BCUT2D eigenvalue weighted by atomic mass is 32.2. The molecule has 2 aromatic carbocycles. The molecule has 0 aliphatic heterocycles. The number of benzene rings is 2. The zero-order valence-electron chi connectivity index (χ0n) is 21.3. The first-order valence-electron chi connectivity index (χ1n) is 12.6. The quantitative estimate of drug-likeness (QED) is 0.183. The number of nitrogens with one attached hydrogen (secondary N) is 2. The van der Waals surface area contributed by atoms with Crippen molar-refractivity contribution in [2.75, 3.05) is 23.4 Å². The highest BCUT2D eigenvalue weighted by molar-refractivity contribution is 7.99. The number of carbonyl (C=O) groups excluding carboxylic acids is 1. The fraction of sp³-hybridized carbons (Fsp3) is 0.370. The van der Waals surface area contributed by atoms with Gasteiger partial charge in [-0.25, -0.2) is 4.79 Å². The first-order valence-corrected chi connectivity index (χ1v) is 13.5. The normalized spacial score (nSPS) is 13.6. The van der Waals surface area contributed by atoms with Gasteiger partial charge in [0.05, 0.1) is 23.5 Å². The maximum Gasteiger partial charge on any atom is 0.319 e. The lowest BCUT2D eigenvalue weighted by molar-refractivity contribution is 0.250. The molecular weight excluding hydrogens is 488 g/mol. The molecule has 2 aromatic heterocycles. The van der Waals surface area contributed by atoms with Crippen molar-refractivity contribution in [3.05, 3.63) is 48.4 Å². The van der Waals surface area contributed by atoms with Crippen LogP contribution in [0.1, 0.15) is 45.0 Å². The molecule has 9 nitrogen and oxygen atoms in total. The Morgan fingerprint density at radius 3 is 2.65 bits per heavy atom. The number of nitrogens with two attached hydrogens (primary N) is 1. The number of urea groups is 1. The molecule has 4 N–H and O–H groups in total. The molecule has 194 valence electrons. The van der Waals surface area contributed by atoms with Gasteiger partial charge in [0.25, 0.3) is 5.22 Å². The first kappa shape index (κ1) is 25.0. The molecule has 2 amide bonds. The van der Waals surface area contributed by atoms with Gasteiger partial charge in [-0.3, -0.25) is 0 Å². The maximum absolute atomic E-state index is 12.1. The minimum atomic E-state index is -0.219. The van der Waals surface area contributed by atoms with E-state index in [4.69, 9.17) is 14.9 Å². The van der Waals surface area contributed by atoms with E-state index >= 15 is 0 Å². The van der Waals surface area contributed by atoms with Gasteiger partial charge in [0.1, 0.15) is 5.75 Å². The maximum atomic E-state index is 12.1. The number of amides is 2. The number of rotatable bonds is 9. The van der Waals surface area contributed by atoms with Crippen LogP contribution in [0.25, 0.3) is 22.2 Å². The summed E-state index contributed by atoms with van der Waals surface area (Å²) < 4.78 is 13.8. The van der Waals surface area contributed by atoms with Gasteiger partial charge in [-0.2, -0.15) is 0 Å². The molecule has 0 spiro atoms. The van der Waals surface area contributed by atoms with Crippen molar-refractivity contribution < 1.29 is 13.9 Å². The Bertz CT molecular complexity index is 1390. The highest BCUT2D eigenvalue weighted by Gasteiger charge is 2.27. The lowest BCUT2D eigenvalue weighted by Crippen LogP contribution is -2.34. The number of aryl methyl sites for hydroxylation is 1. The van der Waals surface area contributed by atoms with Crippen molar-refractivity contribution >= 4 is 40.1 Å². The Morgan fingerprint density at radius 2 is 2.00 bits per heavy atom. The van der Waals surface area contributed by atoms with E-state index in [-0.39, 0.29) is 12.1 Å². The summed E-state index contributed by atoms with van der Waals surface area (Å²) in [5, 5.41) is 15.1. The largest absolute Gasteiger partial charge is 0.493 e. The second-order valence-electron chi connectivity index (χ2n) is 9.51. The Labute approximate surface area is 220 Å². The second-order valence-corrected chi connectivity index (χ2v) is 10.6. The Hall–Kier alpha value is -3.66. The van der Waals surface area contributed by atoms with Crippen molar-refractivity contribution in [3.63, 3.8) is 0 Å². The predicted octanol–water partition coefficient (Wildman–Crippen LogP) is 6.01.